The van der Waals surface area contributed by atoms with E-state index < -0.39 is 5.82 Å². The van der Waals surface area contributed by atoms with E-state index in [1.54, 1.807) is 12.1 Å². The number of fused-ring (bicyclic) bond motifs is 1. The number of carbonyl (C=O) groups excluding carboxylic acids is 1. The Kier molecular flexibility index (Phi) is 8.35. The average molecular weight is 553 g/mol. The lowest BCUT2D eigenvalue weighted by Gasteiger charge is -2.41. The number of carbonyl (C=O) groups is 1. The summed E-state index contributed by atoms with van der Waals surface area (Å²) in [4.78, 5) is 27.0. The number of anilines is 2. The summed E-state index contributed by atoms with van der Waals surface area (Å²) in [7, 11) is 1.42. The summed E-state index contributed by atoms with van der Waals surface area (Å²) in [6.45, 7) is 8.42. The van der Waals surface area contributed by atoms with E-state index in [4.69, 9.17) is 14.7 Å². The molecule has 2 aliphatic heterocycles. The highest BCUT2D eigenvalue weighted by Gasteiger charge is 2.35. The summed E-state index contributed by atoms with van der Waals surface area (Å²) in [5.74, 6) is 0.390. The van der Waals surface area contributed by atoms with Gasteiger partial charge in [0, 0.05) is 48.7 Å². The lowest BCUT2D eigenvalue weighted by molar-refractivity contribution is -0.138. The van der Waals surface area contributed by atoms with Gasteiger partial charge in [-0.25, -0.2) is 13.8 Å². The van der Waals surface area contributed by atoms with Crippen LogP contribution in [0.15, 0.2) is 30.3 Å². The van der Waals surface area contributed by atoms with Gasteiger partial charge in [0.25, 0.3) is 0 Å². The lowest BCUT2D eigenvalue weighted by atomic mass is 10.00. The monoisotopic (exact) mass is 552 g/mol. The van der Waals surface area contributed by atoms with Crippen LogP contribution in [0.2, 0.25) is 0 Å². The first kappa shape index (κ1) is 28.0. The van der Waals surface area contributed by atoms with E-state index in [1.807, 2.05) is 13.0 Å². The number of amides is 1. The summed E-state index contributed by atoms with van der Waals surface area (Å²) in [5, 5.41) is 7.05. The Bertz CT molecular complexity index is 1370. The largest absolute Gasteiger partial charge is 0.494 e. The Labute approximate surface area is 234 Å². The summed E-state index contributed by atoms with van der Waals surface area (Å²) in [5.41, 5.74) is 1.86. The maximum atomic E-state index is 14.7. The lowest BCUT2D eigenvalue weighted by Crippen LogP contribution is -2.54. The first-order valence-corrected chi connectivity index (χ1v) is 14.1. The van der Waals surface area contributed by atoms with Gasteiger partial charge in [0.15, 0.2) is 11.6 Å². The van der Waals surface area contributed by atoms with E-state index in [0.717, 1.165) is 37.8 Å². The standard InChI is InChI=1S/C30H38F2N6O2/c1-18(2)38(29(39)25-6-5-11-33-25)21-9-12-37(13-10-21)30-35-26-16-27(40-4)24(32)15-22(26)28(36-30)34-17-20-8-7-19(3)14-23(20)31/h7-8,14-16,18,21,25,33H,5-6,9-13,17H2,1-4H3,(H,34,35,36). The van der Waals surface area contributed by atoms with E-state index in [0.29, 0.717) is 41.3 Å². The maximum absolute atomic E-state index is 14.7. The molecule has 2 N–H and O–H groups in total. The summed E-state index contributed by atoms with van der Waals surface area (Å²) < 4.78 is 34.4. The quantitative estimate of drug-likeness (QED) is 0.416. The molecule has 5 rings (SSSR count). The minimum Gasteiger partial charge on any atom is -0.494 e. The van der Waals surface area contributed by atoms with Gasteiger partial charge in [-0.3, -0.25) is 4.79 Å². The van der Waals surface area contributed by atoms with Crippen LogP contribution in [-0.4, -0.2) is 65.6 Å². The van der Waals surface area contributed by atoms with E-state index in [9.17, 15) is 13.6 Å². The molecule has 0 spiro atoms. The highest BCUT2D eigenvalue weighted by atomic mass is 19.1. The molecule has 3 heterocycles. The molecule has 0 bridgehead atoms. The van der Waals surface area contributed by atoms with Crippen molar-refractivity contribution in [3.8, 4) is 5.75 Å². The minimum atomic E-state index is -0.521. The van der Waals surface area contributed by atoms with Crippen LogP contribution < -0.4 is 20.3 Å². The summed E-state index contributed by atoms with van der Waals surface area (Å²) in [6, 6.07) is 8.15. The third kappa shape index (κ3) is 5.82. The molecule has 2 aliphatic rings. The highest BCUT2D eigenvalue weighted by molar-refractivity contribution is 5.91. The van der Waals surface area contributed by atoms with Crippen LogP contribution in [0.25, 0.3) is 10.9 Å². The van der Waals surface area contributed by atoms with E-state index in [2.05, 4.69) is 34.3 Å². The molecule has 2 aromatic carbocycles. The van der Waals surface area contributed by atoms with Gasteiger partial charge in [0.1, 0.15) is 11.6 Å². The molecule has 8 nitrogen and oxygen atoms in total. The van der Waals surface area contributed by atoms with Crippen molar-refractivity contribution in [3.63, 3.8) is 0 Å². The maximum Gasteiger partial charge on any atom is 0.240 e. The molecule has 0 radical (unpaired) electrons. The van der Waals surface area contributed by atoms with E-state index in [1.165, 1.54) is 19.2 Å². The van der Waals surface area contributed by atoms with E-state index >= 15 is 0 Å². The Morgan fingerprint density at radius 1 is 1.15 bits per heavy atom. The molecule has 2 saturated heterocycles. The van der Waals surface area contributed by atoms with E-state index in [-0.39, 0.29) is 42.1 Å². The zero-order valence-corrected chi connectivity index (χ0v) is 23.6. The zero-order chi connectivity index (χ0) is 28.4. The predicted octanol–water partition coefficient (Wildman–Crippen LogP) is 4.79. The summed E-state index contributed by atoms with van der Waals surface area (Å²) >= 11 is 0. The predicted molar refractivity (Wildman–Crippen MR) is 153 cm³/mol. The van der Waals surface area contributed by atoms with Crippen molar-refractivity contribution in [1.29, 1.82) is 0 Å². The van der Waals surface area contributed by atoms with Crippen LogP contribution in [-0.2, 0) is 11.3 Å². The van der Waals surface area contributed by atoms with Crippen LogP contribution in [0.3, 0.4) is 0 Å². The number of nitrogens with zero attached hydrogens (tertiary/aromatic N) is 4. The number of benzene rings is 2. The number of rotatable bonds is 8. The van der Waals surface area contributed by atoms with Gasteiger partial charge < -0.3 is 25.2 Å². The summed E-state index contributed by atoms with van der Waals surface area (Å²) in [6.07, 6.45) is 3.50. The molecule has 0 saturated carbocycles. The number of methoxy groups -OCH3 is 1. The Morgan fingerprint density at radius 3 is 2.58 bits per heavy atom. The third-order valence-electron chi connectivity index (χ3n) is 7.92. The smallest absolute Gasteiger partial charge is 0.240 e. The van der Waals surface area contributed by atoms with Crippen molar-refractivity contribution in [1.82, 2.24) is 20.2 Å². The van der Waals surface area contributed by atoms with Gasteiger partial charge in [-0.15, -0.1) is 0 Å². The van der Waals surface area contributed by atoms with Crippen molar-refractivity contribution in [2.24, 2.45) is 0 Å². The van der Waals surface area contributed by atoms with Gasteiger partial charge in [0.2, 0.25) is 11.9 Å². The Hall–Kier alpha value is -3.53. The van der Waals surface area contributed by atoms with Gasteiger partial charge in [0.05, 0.1) is 18.7 Å². The second-order valence-corrected chi connectivity index (χ2v) is 11.0. The molecular formula is C30H38F2N6O2. The van der Waals surface area contributed by atoms with Crippen molar-refractivity contribution < 1.29 is 18.3 Å². The number of halogens is 2. The SMILES string of the molecule is COc1cc2nc(N3CCC(N(C(=O)C4CCCN4)C(C)C)CC3)nc(NCc3ccc(C)cc3F)c2cc1F. The van der Waals surface area contributed by atoms with Gasteiger partial charge >= 0.3 is 0 Å². The van der Waals surface area contributed by atoms with Gasteiger partial charge in [-0.2, -0.15) is 4.98 Å². The van der Waals surface area contributed by atoms with Crippen LogP contribution >= 0.6 is 0 Å². The molecule has 0 aliphatic carbocycles. The van der Waals surface area contributed by atoms with Crippen molar-refractivity contribution >= 4 is 28.6 Å². The number of ether oxygens (including phenoxy) is 1. The minimum absolute atomic E-state index is 0.0911. The normalized spacial score (nSPS) is 18.0. The van der Waals surface area contributed by atoms with Gasteiger partial charge in [-0.05, 0) is 70.7 Å². The number of aryl methyl sites for hydroxylation is 1. The highest BCUT2D eigenvalue weighted by Crippen LogP contribution is 2.31. The Morgan fingerprint density at radius 2 is 1.93 bits per heavy atom. The Balaban J connectivity index is 1.39. The number of nitrogens with one attached hydrogen (secondary N) is 2. The first-order chi connectivity index (χ1) is 19.2. The third-order valence-corrected chi connectivity index (χ3v) is 7.92. The van der Waals surface area contributed by atoms with Crippen LogP contribution in [0, 0.1) is 18.6 Å². The molecule has 2 fully saturated rings. The fourth-order valence-electron chi connectivity index (χ4n) is 5.80. The number of hydrogen-bond acceptors (Lipinski definition) is 7. The number of piperidine rings is 1. The zero-order valence-electron chi connectivity index (χ0n) is 23.6. The van der Waals surface area contributed by atoms with Crippen molar-refractivity contribution in [2.45, 2.75) is 71.1 Å². The molecule has 214 valence electrons. The molecule has 1 atom stereocenters. The van der Waals surface area contributed by atoms with Crippen molar-refractivity contribution in [3.05, 3.63) is 53.1 Å². The van der Waals surface area contributed by atoms with Crippen LogP contribution in [0.4, 0.5) is 20.5 Å². The van der Waals surface area contributed by atoms with Gasteiger partial charge in [-0.1, -0.05) is 12.1 Å². The molecule has 1 unspecified atom stereocenters. The fourth-order valence-corrected chi connectivity index (χ4v) is 5.80. The molecular weight excluding hydrogens is 514 g/mol. The molecule has 40 heavy (non-hydrogen) atoms. The molecule has 1 aromatic heterocycles. The van der Waals surface area contributed by atoms with Crippen molar-refractivity contribution in [2.75, 3.05) is 37.0 Å². The first-order valence-electron chi connectivity index (χ1n) is 14.1. The van der Waals surface area contributed by atoms with Crippen LogP contribution in [0.5, 0.6) is 5.75 Å². The number of aromatic nitrogens is 2. The molecule has 1 amide bonds. The fraction of sp³-hybridized carbons (Fsp3) is 0.500. The number of hydrogen-bond donors (Lipinski definition) is 2. The van der Waals surface area contributed by atoms with Crippen LogP contribution in [0.1, 0.15) is 50.7 Å². The average Bonchev–Trinajstić information content (AvgIpc) is 3.48. The molecule has 3 aromatic rings. The topological polar surface area (TPSA) is 82.6 Å². The molecule has 10 heteroatoms. The second kappa shape index (κ2) is 11.9. The second-order valence-electron chi connectivity index (χ2n) is 11.0.